The van der Waals surface area contributed by atoms with E-state index in [1.165, 1.54) is 96.3 Å². The number of hydrogen-bond donors (Lipinski definition) is 9. The highest BCUT2D eigenvalue weighted by Crippen LogP contribution is 2.47. The van der Waals surface area contributed by atoms with Crippen LogP contribution in [0.2, 0.25) is 0 Å². The maximum atomic E-state index is 13.0. The Morgan fingerprint density at radius 3 is 1.39 bits per heavy atom. The molecule has 0 bridgehead atoms. The molecule has 59 heavy (non-hydrogen) atoms. The van der Waals surface area contributed by atoms with Gasteiger partial charge in [0.15, 0.2) is 0 Å². The molecule has 0 heterocycles. The monoisotopic (exact) mass is 866 g/mol. The summed E-state index contributed by atoms with van der Waals surface area (Å²) in [4.78, 5) is 23.4. The van der Waals surface area contributed by atoms with Crippen molar-refractivity contribution in [3.63, 3.8) is 0 Å². The lowest BCUT2D eigenvalue weighted by molar-refractivity contribution is -0.220. The van der Waals surface area contributed by atoms with Crippen molar-refractivity contribution in [1.82, 2.24) is 5.32 Å². The van der Waals surface area contributed by atoms with E-state index >= 15 is 0 Å². The van der Waals surface area contributed by atoms with Gasteiger partial charge in [0, 0.05) is 0 Å². The van der Waals surface area contributed by atoms with Gasteiger partial charge in [0.25, 0.3) is 0 Å². The molecule has 13 nitrogen and oxygen atoms in total. The number of aliphatic hydroxyl groups is 7. The second-order valence-electron chi connectivity index (χ2n) is 17.1. The Bertz CT molecular complexity index is 1070. The minimum atomic E-state index is -5.11. The highest BCUT2D eigenvalue weighted by molar-refractivity contribution is 7.47. The first-order chi connectivity index (χ1) is 28.3. The molecular formula is C45H88NO12P. The van der Waals surface area contributed by atoms with Crippen LogP contribution < -0.4 is 5.32 Å². The van der Waals surface area contributed by atoms with Crippen LogP contribution in [-0.4, -0.2) is 108 Å². The van der Waals surface area contributed by atoms with Crippen LogP contribution in [0.3, 0.4) is 0 Å². The minimum absolute atomic E-state index is 0.225. The predicted octanol–water partition coefficient (Wildman–Crippen LogP) is 7.81. The summed E-state index contributed by atoms with van der Waals surface area (Å²) >= 11 is 0. The Morgan fingerprint density at radius 1 is 0.576 bits per heavy atom. The number of carbonyl (C=O) groups is 1. The van der Waals surface area contributed by atoms with Gasteiger partial charge in [0.2, 0.25) is 5.91 Å². The van der Waals surface area contributed by atoms with Gasteiger partial charge in [-0.05, 0) is 38.5 Å². The molecule has 1 amide bonds. The van der Waals surface area contributed by atoms with Crippen molar-refractivity contribution < 1.29 is 59.0 Å². The van der Waals surface area contributed by atoms with Gasteiger partial charge in [0.05, 0.1) is 31.3 Å². The SMILES string of the molecule is CCCCCCCCCCC/C=C\CCCCCCCC(O)CC(=O)NC(COP(=O)(O)OC1C(O)C(O)C(O)C(O)C1O)C(O)CCCCCCCCCCCCC. The molecule has 0 spiro atoms. The Balaban J connectivity index is 2.47. The summed E-state index contributed by atoms with van der Waals surface area (Å²) in [7, 11) is -5.11. The van der Waals surface area contributed by atoms with Gasteiger partial charge in [-0.1, -0.05) is 174 Å². The molecule has 1 fully saturated rings. The summed E-state index contributed by atoms with van der Waals surface area (Å²) in [6.07, 6.45) is 22.7. The van der Waals surface area contributed by atoms with E-state index in [9.17, 15) is 50.0 Å². The average molecular weight is 866 g/mol. The third-order valence-electron chi connectivity index (χ3n) is 11.6. The highest BCUT2D eigenvalue weighted by atomic mass is 31.2. The van der Waals surface area contributed by atoms with Gasteiger partial charge >= 0.3 is 7.82 Å². The Kier molecular flexibility index (Phi) is 33.7. The average Bonchev–Trinajstić information content (AvgIpc) is 3.21. The van der Waals surface area contributed by atoms with Gasteiger partial charge in [-0.2, -0.15) is 0 Å². The first-order valence-electron chi connectivity index (χ1n) is 23.7. The number of aliphatic hydroxyl groups excluding tert-OH is 7. The van der Waals surface area contributed by atoms with Crippen LogP contribution in [-0.2, 0) is 18.4 Å². The second-order valence-corrected chi connectivity index (χ2v) is 18.6. The number of rotatable bonds is 39. The third kappa shape index (κ3) is 27.7. The number of allylic oxidation sites excluding steroid dienone is 2. The van der Waals surface area contributed by atoms with E-state index in [0.29, 0.717) is 12.8 Å². The summed E-state index contributed by atoms with van der Waals surface area (Å²) < 4.78 is 22.9. The molecule has 0 aliphatic heterocycles. The predicted molar refractivity (Wildman–Crippen MR) is 234 cm³/mol. The lowest BCUT2D eigenvalue weighted by Gasteiger charge is -2.41. The number of amides is 1. The Labute approximate surface area is 357 Å². The molecule has 1 saturated carbocycles. The fourth-order valence-electron chi connectivity index (χ4n) is 7.71. The summed E-state index contributed by atoms with van der Waals surface area (Å²) in [6, 6.07) is -1.15. The molecule has 350 valence electrons. The van der Waals surface area contributed by atoms with E-state index in [1.54, 1.807) is 0 Å². The van der Waals surface area contributed by atoms with Crippen molar-refractivity contribution in [3.05, 3.63) is 12.2 Å². The van der Waals surface area contributed by atoms with Crippen molar-refractivity contribution in [2.24, 2.45) is 0 Å². The molecular weight excluding hydrogens is 777 g/mol. The molecule has 1 aliphatic carbocycles. The molecule has 8 unspecified atom stereocenters. The Morgan fingerprint density at radius 2 is 0.949 bits per heavy atom. The smallest absolute Gasteiger partial charge is 0.393 e. The zero-order valence-corrected chi connectivity index (χ0v) is 37.8. The van der Waals surface area contributed by atoms with Crippen molar-refractivity contribution >= 4 is 13.7 Å². The fraction of sp³-hybridized carbons (Fsp3) is 0.933. The van der Waals surface area contributed by atoms with Gasteiger partial charge in [-0.15, -0.1) is 0 Å². The number of phosphoric ester groups is 1. The molecule has 14 heteroatoms. The van der Waals surface area contributed by atoms with Crippen molar-refractivity contribution in [3.8, 4) is 0 Å². The zero-order valence-electron chi connectivity index (χ0n) is 36.9. The van der Waals surface area contributed by atoms with Crippen LogP contribution in [0, 0.1) is 0 Å². The largest absolute Gasteiger partial charge is 0.472 e. The Hall–Kier alpha value is -0.960. The topological polar surface area (TPSA) is 226 Å². The summed E-state index contributed by atoms with van der Waals surface area (Å²) in [6.45, 7) is 3.77. The maximum Gasteiger partial charge on any atom is 0.472 e. The summed E-state index contributed by atoms with van der Waals surface area (Å²) in [5.74, 6) is -0.565. The van der Waals surface area contributed by atoms with Crippen molar-refractivity contribution in [2.75, 3.05) is 6.61 Å². The first kappa shape index (κ1) is 56.1. The molecule has 0 aromatic heterocycles. The fourth-order valence-corrected chi connectivity index (χ4v) is 8.68. The van der Waals surface area contributed by atoms with Crippen LogP contribution in [0.1, 0.15) is 206 Å². The van der Waals surface area contributed by atoms with Crippen molar-refractivity contribution in [1.29, 1.82) is 0 Å². The second kappa shape index (κ2) is 35.5. The number of unbranched alkanes of at least 4 members (excludes halogenated alkanes) is 24. The van der Waals surface area contributed by atoms with Crippen LogP contribution in [0.25, 0.3) is 0 Å². The maximum absolute atomic E-state index is 13.0. The van der Waals surface area contributed by atoms with E-state index in [1.807, 2.05) is 0 Å². The van der Waals surface area contributed by atoms with Crippen LogP contribution in [0.15, 0.2) is 12.2 Å². The van der Waals surface area contributed by atoms with Gasteiger partial charge in [-0.25, -0.2) is 4.57 Å². The van der Waals surface area contributed by atoms with E-state index < -0.39 is 75.2 Å². The number of phosphoric acid groups is 1. The van der Waals surface area contributed by atoms with E-state index in [2.05, 4.69) is 31.3 Å². The number of carbonyl (C=O) groups excluding carboxylic acids is 1. The molecule has 9 N–H and O–H groups in total. The van der Waals surface area contributed by atoms with E-state index in [0.717, 1.165) is 70.6 Å². The van der Waals surface area contributed by atoms with E-state index in [-0.39, 0.29) is 12.8 Å². The third-order valence-corrected chi connectivity index (χ3v) is 12.6. The summed E-state index contributed by atoms with van der Waals surface area (Å²) in [5, 5.41) is 74.5. The highest BCUT2D eigenvalue weighted by Gasteiger charge is 2.51. The lowest BCUT2D eigenvalue weighted by Crippen LogP contribution is -2.64. The standard InChI is InChI=1S/C45H88NO12P/c1-3-5-7-9-11-13-15-16-17-18-19-20-21-23-24-26-28-30-32-36(47)34-39(49)46-37(38(48)33-31-29-27-25-22-14-12-10-8-6-4-2)35-57-59(55,56)58-45-43(53)41(51)40(50)42(52)44(45)54/h19-20,36-38,40-45,47-48,50-54H,3-18,21-35H2,1-2H3,(H,46,49)(H,55,56)/b20-19-. The van der Waals surface area contributed by atoms with Crippen molar-refractivity contribution in [2.45, 2.75) is 261 Å². The molecule has 1 rings (SSSR count). The van der Waals surface area contributed by atoms with Crippen LogP contribution in [0.4, 0.5) is 0 Å². The molecule has 0 aromatic carbocycles. The molecule has 0 radical (unpaired) electrons. The molecule has 8 atom stereocenters. The van der Waals surface area contributed by atoms with Gasteiger partial charge in [0.1, 0.15) is 36.6 Å². The zero-order chi connectivity index (χ0) is 43.7. The van der Waals surface area contributed by atoms with Gasteiger partial charge in [-0.3, -0.25) is 13.8 Å². The quantitative estimate of drug-likeness (QED) is 0.0164. The lowest BCUT2D eigenvalue weighted by atomic mass is 9.85. The van der Waals surface area contributed by atoms with Gasteiger partial charge < -0.3 is 46.0 Å². The molecule has 1 aliphatic rings. The normalized spacial score (nSPS) is 23.6. The first-order valence-corrected chi connectivity index (χ1v) is 25.2. The molecule has 0 aromatic rings. The number of hydrogen-bond acceptors (Lipinski definition) is 11. The van der Waals surface area contributed by atoms with Crippen LogP contribution in [0.5, 0.6) is 0 Å². The van der Waals surface area contributed by atoms with Crippen LogP contribution >= 0.6 is 7.82 Å². The molecule has 0 saturated heterocycles. The number of nitrogens with one attached hydrogen (secondary N) is 1. The summed E-state index contributed by atoms with van der Waals surface area (Å²) in [5.41, 5.74) is 0. The minimum Gasteiger partial charge on any atom is -0.393 e. The van der Waals surface area contributed by atoms with E-state index in [4.69, 9.17) is 9.05 Å².